The molecular formula is C19H17N3O3. The van der Waals surface area contributed by atoms with E-state index in [0.717, 1.165) is 5.69 Å². The summed E-state index contributed by atoms with van der Waals surface area (Å²) in [5, 5.41) is 11.7. The van der Waals surface area contributed by atoms with Crippen LogP contribution >= 0.6 is 0 Å². The van der Waals surface area contributed by atoms with E-state index in [1.807, 2.05) is 36.4 Å². The highest BCUT2D eigenvalue weighted by atomic mass is 16.5. The van der Waals surface area contributed by atoms with Gasteiger partial charge in [0.05, 0.1) is 24.3 Å². The van der Waals surface area contributed by atoms with Crippen LogP contribution < -0.4 is 10.2 Å². The standard InChI is InChI=1S/C19H17N3O3/c20-10-14-5-4-6-15(9-14)19(24)21-11-17-12-22(18(23)13-25-17)16-7-2-1-3-8-16/h1-9,17H,11-13H2,(H,21,24). The van der Waals surface area contributed by atoms with Gasteiger partial charge in [0, 0.05) is 17.8 Å². The van der Waals surface area contributed by atoms with Crippen LogP contribution in [-0.2, 0) is 9.53 Å². The second kappa shape index (κ2) is 7.60. The Balaban J connectivity index is 1.60. The summed E-state index contributed by atoms with van der Waals surface area (Å²) in [5.74, 6) is -0.376. The van der Waals surface area contributed by atoms with Crippen LogP contribution in [0.15, 0.2) is 54.6 Å². The lowest BCUT2D eigenvalue weighted by atomic mass is 10.1. The van der Waals surface area contributed by atoms with Crippen molar-refractivity contribution in [1.29, 1.82) is 5.26 Å². The van der Waals surface area contributed by atoms with E-state index in [1.54, 1.807) is 23.1 Å². The van der Waals surface area contributed by atoms with Crippen molar-refractivity contribution in [2.45, 2.75) is 6.10 Å². The molecule has 2 amide bonds. The maximum absolute atomic E-state index is 12.2. The molecule has 2 aromatic carbocycles. The number of benzene rings is 2. The van der Waals surface area contributed by atoms with Gasteiger partial charge in [0.15, 0.2) is 0 Å². The van der Waals surface area contributed by atoms with Crippen molar-refractivity contribution in [3.8, 4) is 6.07 Å². The minimum atomic E-state index is -0.291. The Kier molecular flexibility index (Phi) is 5.07. The Hall–Kier alpha value is -3.17. The molecule has 1 aliphatic rings. The van der Waals surface area contributed by atoms with Crippen LogP contribution in [0.2, 0.25) is 0 Å². The summed E-state index contributed by atoms with van der Waals surface area (Å²) < 4.78 is 5.51. The van der Waals surface area contributed by atoms with Gasteiger partial charge >= 0.3 is 0 Å². The van der Waals surface area contributed by atoms with Crippen molar-refractivity contribution in [3.63, 3.8) is 0 Å². The van der Waals surface area contributed by atoms with Gasteiger partial charge < -0.3 is 15.0 Å². The molecule has 6 nitrogen and oxygen atoms in total. The molecule has 126 valence electrons. The van der Waals surface area contributed by atoms with E-state index in [4.69, 9.17) is 10.00 Å². The molecule has 25 heavy (non-hydrogen) atoms. The van der Waals surface area contributed by atoms with E-state index < -0.39 is 0 Å². The number of nitrogens with zero attached hydrogens (tertiary/aromatic N) is 2. The highest BCUT2D eigenvalue weighted by Gasteiger charge is 2.27. The van der Waals surface area contributed by atoms with Crippen LogP contribution in [-0.4, -0.2) is 37.6 Å². The van der Waals surface area contributed by atoms with Gasteiger partial charge in [-0.2, -0.15) is 5.26 Å². The van der Waals surface area contributed by atoms with E-state index in [2.05, 4.69) is 5.32 Å². The predicted molar refractivity (Wildman–Crippen MR) is 92.0 cm³/mol. The third kappa shape index (κ3) is 4.03. The first-order valence-electron chi connectivity index (χ1n) is 7.93. The summed E-state index contributed by atoms with van der Waals surface area (Å²) >= 11 is 0. The van der Waals surface area contributed by atoms with Gasteiger partial charge in [-0.3, -0.25) is 9.59 Å². The quantitative estimate of drug-likeness (QED) is 0.922. The number of carbonyl (C=O) groups excluding carboxylic acids is 2. The van der Waals surface area contributed by atoms with Crippen molar-refractivity contribution < 1.29 is 14.3 Å². The fourth-order valence-electron chi connectivity index (χ4n) is 2.64. The summed E-state index contributed by atoms with van der Waals surface area (Å²) in [5.41, 5.74) is 1.67. The first-order valence-corrected chi connectivity index (χ1v) is 7.93. The normalized spacial score (nSPS) is 17.0. The van der Waals surface area contributed by atoms with Crippen molar-refractivity contribution in [3.05, 3.63) is 65.7 Å². The molecule has 1 aliphatic heterocycles. The molecule has 2 aromatic rings. The SMILES string of the molecule is N#Cc1cccc(C(=O)NCC2CN(c3ccccc3)C(=O)CO2)c1. The molecule has 0 spiro atoms. The van der Waals surface area contributed by atoms with Crippen molar-refractivity contribution in [1.82, 2.24) is 5.32 Å². The molecule has 1 heterocycles. The van der Waals surface area contributed by atoms with Gasteiger partial charge in [0.1, 0.15) is 6.61 Å². The molecule has 1 N–H and O–H groups in total. The zero-order valence-electron chi connectivity index (χ0n) is 13.5. The van der Waals surface area contributed by atoms with Crippen LogP contribution in [0.5, 0.6) is 0 Å². The Bertz CT molecular complexity index is 814. The number of hydrogen-bond donors (Lipinski definition) is 1. The summed E-state index contributed by atoms with van der Waals surface area (Å²) in [6.45, 7) is 0.646. The molecular weight excluding hydrogens is 318 g/mol. The molecule has 1 saturated heterocycles. The number of anilines is 1. The van der Waals surface area contributed by atoms with Gasteiger partial charge in [-0.05, 0) is 30.3 Å². The smallest absolute Gasteiger partial charge is 0.253 e. The summed E-state index contributed by atoms with van der Waals surface area (Å²) in [7, 11) is 0. The molecule has 0 bridgehead atoms. The maximum Gasteiger partial charge on any atom is 0.253 e. The zero-order valence-corrected chi connectivity index (χ0v) is 13.5. The Morgan fingerprint density at radius 1 is 1.24 bits per heavy atom. The van der Waals surface area contributed by atoms with Crippen LogP contribution in [0, 0.1) is 11.3 Å². The second-order valence-electron chi connectivity index (χ2n) is 5.68. The van der Waals surface area contributed by atoms with E-state index in [-0.39, 0.29) is 31.1 Å². The molecule has 3 rings (SSSR count). The van der Waals surface area contributed by atoms with Gasteiger partial charge in [0.25, 0.3) is 11.8 Å². The van der Waals surface area contributed by atoms with E-state index in [1.165, 1.54) is 6.07 Å². The maximum atomic E-state index is 12.2. The Labute approximate surface area is 145 Å². The molecule has 1 unspecified atom stereocenters. The predicted octanol–water partition coefficient (Wildman–Crippen LogP) is 1.72. The highest BCUT2D eigenvalue weighted by Crippen LogP contribution is 2.17. The number of morpholine rings is 1. The van der Waals surface area contributed by atoms with Crippen LogP contribution in [0.3, 0.4) is 0 Å². The average molecular weight is 335 g/mol. The lowest BCUT2D eigenvalue weighted by molar-refractivity contribution is -0.129. The number of ether oxygens (including phenoxy) is 1. The zero-order chi connectivity index (χ0) is 17.6. The van der Waals surface area contributed by atoms with Gasteiger partial charge in [-0.15, -0.1) is 0 Å². The van der Waals surface area contributed by atoms with Crippen molar-refractivity contribution in [2.24, 2.45) is 0 Å². The lowest BCUT2D eigenvalue weighted by Crippen LogP contribution is -2.50. The first kappa shape index (κ1) is 16.7. The number of para-hydroxylation sites is 1. The van der Waals surface area contributed by atoms with Crippen molar-refractivity contribution in [2.75, 3.05) is 24.6 Å². The summed E-state index contributed by atoms with van der Waals surface area (Å²) in [4.78, 5) is 25.9. The first-order chi connectivity index (χ1) is 12.2. The Morgan fingerprint density at radius 3 is 2.80 bits per heavy atom. The largest absolute Gasteiger partial charge is 0.365 e. The number of carbonyl (C=O) groups is 2. The van der Waals surface area contributed by atoms with Crippen LogP contribution in [0.1, 0.15) is 15.9 Å². The van der Waals surface area contributed by atoms with Gasteiger partial charge in [0.2, 0.25) is 0 Å². The fraction of sp³-hybridized carbons (Fsp3) is 0.211. The molecule has 0 aliphatic carbocycles. The molecule has 6 heteroatoms. The van der Waals surface area contributed by atoms with Crippen LogP contribution in [0.25, 0.3) is 0 Å². The minimum Gasteiger partial charge on any atom is -0.365 e. The van der Waals surface area contributed by atoms with E-state index in [0.29, 0.717) is 17.7 Å². The number of hydrogen-bond acceptors (Lipinski definition) is 4. The second-order valence-corrected chi connectivity index (χ2v) is 5.68. The highest BCUT2D eigenvalue weighted by molar-refractivity contribution is 5.95. The number of amides is 2. The molecule has 0 radical (unpaired) electrons. The monoisotopic (exact) mass is 335 g/mol. The lowest BCUT2D eigenvalue weighted by Gasteiger charge is -2.32. The molecule has 0 saturated carbocycles. The van der Waals surface area contributed by atoms with Crippen molar-refractivity contribution >= 4 is 17.5 Å². The van der Waals surface area contributed by atoms with Crippen LogP contribution in [0.4, 0.5) is 5.69 Å². The fourth-order valence-corrected chi connectivity index (χ4v) is 2.64. The Morgan fingerprint density at radius 2 is 2.04 bits per heavy atom. The summed E-state index contributed by atoms with van der Waals surface area (Å²) in [6, 6.07) is 17.9. The van der Waals surface area contributed by atoms with Gasteiger partial charge in [-0.1, -0.05) is 24.3 Å². The topological polar surface area (TPSA) is 82.4 Å². The van der Waals surface area contributed by atoms with E-state index in [9.17, 15) is 9.59 Å². The molecule has 1 fully saturated rings. The number of rotatable bonds is 4. The minimum absolute atomic E-state index is 0.0145. The average Bonchev–Trinajstić information content (AvgIpc) is 2.67. The number of nitriles is 1. The summed E-state index contributed by atoms with van der Waals surface area (Å²) in [6.07, 6.45) is -0.291. The van der Waals surface area contributed by atoms with E-state index >= 15 is 0 Å². The van der Waals surface area contributed by atoms with Gasteiger partial charge in [-0.25, -0.2) is 0 Å². The number of nitrogens with one attached hydrogen (secondary N) is 1. The third-order valence-electron chi connectivity index (χ3n) is 3.94. The molecule has 0 aromatic heterocycles. The molecule has 1 atom stereocenters. The third-order valence-corrected chi connectivity index (χ3v) is 3.94.